The molecule has 1 N–H and O–H groups in total. The van der Waals surface area contributed by atoms with Gasteiger partial charge in [0.2, 0.25) is 0 Å². The van der Waals surface area contributed by atoms with Crippen molar-refractivity contribution in [3.63, 3.8) is 0 Å². The van der Waals surface area contributed by atoms with Gasteiger partial charge < -0.3 is 15.1 Å². The molecule has 1 fully saturated rings. The molecule has 0 spiro atoms. The minimum absolute atomic E-state index is 0.00984. The zero-order chi connectivity index (χ0) is 20.9. The maximum Gasteiger partial charge on any atom is 0.253 e. The normalized spacial score (nSPS) is 13.8. The van der Waals surface area contributed by atoms with Crippen LogP contribution in [0.2, 0.25) is 0 Å². The first kappa shape index (κ1) is 19.5. The molecule has 30 heavy (non-hydrogen) atoms. The SMILES string of the molecule is CC(=O)c1ccc(C(=O)N2CCN(c3cc(Nc4ccccn4)ncn3)CC2)cc1. The minimum Gasteiger partial charge on any atom is -0.353 e. The Morgan fingerprint density at radius 2 is 1.60 bits per heavy atom. The van der Waals surface area contributed by atoms with Crippen LogP contribution in [0.15, 0.2) is 61.1 Å². The summed E-state index contributed by atoms with van der Waals surface area (Å²) < 4.78 is 0. The number of rotatable bonds is 5. The summed E-state index contributed by atoms with van der Waals surface area (Å²) in [6.07, 6.45) is 3.24. The van der Waals surface area contributed by atoms with Crippen molar-refractivity contribution in [3.8, 4) is 0 Å². The lowest BCUT2D eigenvalue weighted by Gasteiger charge is -2.35. The Hall–Kier alpha value is -3.81. The highest BCUT2D eigenvalue weighted by Gasteiger charge is 2.23. The van der Waals surface area contributed by atoms with Crippen LogP contribution in [0.4, 0.5) is 17.5 Å². The number of carbonyl (C=O) groups excluding carboxylic acids is 2. The lowest BCUT2D eigenvalue weighted by molar-refractivity contribution is 0.0746. The molecular formula is C22H22N6O2. The Morgan fingerprint density at radius 1 is 0.867 bits per heavy atom. The van der Waals surface area contributed by atoms with Crippen LogP contribution < -0.4 is 10.2 Å². The predicted molar refractivity (Wildman–Crippen MR) is 114 cm³/mol. The molecule has 1 amide bonds. The molecule has 8 nitrogen and oxygen atoms in total. The first-order valence-electron chi connectivity index (χ1n) is 9.75. The van der Waals surface area contributed by atoms with Crippen molar-refractivity contribution in [2.75, 3.05) is 36.4 Å². The van der Waals surface area contributed by atoms with Crippen molar-refractivity contribution in [1.82, 2.24) is 19.9 Å². The Balaban J connectivity index is 1.38. The van der Waals surface area contributed by atoms with E-state index in [2.05, 4.69) is 25.2 Å². The molecule has 0 unspecified atom stereocenters. The maximum atomic E-state index is 12.8. The maximum absolute atomic E-state index is 12.8. The molecule has 0 aliphatic carbocycles. The summed E-state index contributed by atoms with van der Waals surface area (Å²) >= 11 is 0. The standard InChI is InChI=1S/C22H22N6O2/c1-16(29)17-5-7-18(8-6-17)22(30)28-12-10-27(11-13-28)21-14-20(24-15-25-21)26-19-4-2-3-9-23-19/h2-9,14-15H,10-13H2,1H3,(H,23,24,25,26). The van der Waals surface area contributed by atoms with Crippen molar-refractivity contribution >= 4 is 29.1 Å². The highest BCUT2D eigenvalue weighted by atomic mass is 16.2. The zero-order valence-electron chi connectivity index (χ0n) is 16.7. The van der Waals surface area contributed by atoms with E-state index in [9.17, 15) is 9.59 Å². The number of aromatic nitrogens is 3. The molecule has 8 heteroatoms. The highest BCUT2D eigenvalue weighted by molar-refractivity contribution is 5.97. The third-order valence-corrected chi connectivity index (χ3v) is 5.00. The number of ketones is 1. The smallest absolute Gasteiger partial charge is 0.253 e. The Labute approximate surface area is 174 Å². The number of amides is 1. The number of nitrogens with one attached hydrogen (secondary N) is 1. The van der Waals surface area contributed by atoms with Crippen LogP contribution in [0.5, 0.6) is 0 Å². The van der Waals surface area contributed by atoms with Crippen molar-refractivity contribution in [2.24, 2.45) is 0 Å². The number of piperazine rings is 1. The summed E-state index contributed by atoms with van der Waals surface area (Å²) in [6, 6.07) is 14.3. The largest absolute Gasteiger partial charge is 0.353 e. The Bertz CT molecular complexity index is 1030. The third-order valence-electron chi connectivity index (χ3n) is 5.00. The Kier molecular flexibility index (Phi) is 5.65. The van der Waals surface area contributed by atoms with E-state index in [1.807, 2.05) is 29.2 Å². The van der Waals surface area contributed by atoms with Gasteiger partial charge in [0.15, 0.2) is 5.78 Å². The fraction of sp³-hybridized carbons (Fsp3) is 0.227. The molecule has 3 aromatic rings. The average Bonchev–Trinajstić information content (AvgIpc) is 2.80. The number of pyridine rings is 1. The highest BCUT2D eigenvalue weighted by Crippen LogP contribution is 2.19. The molecule has 3 heterocycles. The van der Waals surface area contributed by atoms with Gasteiger partial charge in [-0.2, -0.15) is 0 Å². The van der Waals surface area contributed by atoms with E-state index in [0.717, 1.165) is 5.82 Å². The van der Waals surface area contributed by atoms with Gasteiger partial charge in [0.05, 0.1) is 0 Å². The molecule has 152 valence electrons. The van der Waals surface area contributed by atoms with E-state index >= 15 is 0 Å². The summed E-state index contributed by atoms with van der Waals surface area (Å²) in [5.74, 6) is 2.16. The lowest BCUT2D eigenvalue weighted by Crippen LogP contribution is -2.49. The van der Waals surface area contributed by atoms with Crippen LogP contribution in [0.1, 0.15) is 27.6 Å². The minimum atomic E-state index is -0.0232. The van der Waals surface area contributed by atoms with Crippen molar-refractivity contribution in [3.05, 3.63) is 72.2 Å². The van der Waals surface area contributed by atoms with Crippen LogP contribution in [-0.4, -0.2) is 57.7 Å². The van der Waals surface area contributed by atoms with Gasteiger partial charge >= 0.3 is 0 Å². The molecule has 0 atom stereocenters. The predicted octanol–water partition coefficient (Wildman–Crippen LogP) is 2.78. The zero-order valence-corrected chi connectivity index (χ0v) is 16.7. The summed E-state index contributed by atoms with van der Waals surface area (Å²) in [5.41, 5.74) is 1.20. The number of hydrogen-bond donors (Lipinski definition) is 1. The van der Waals surface area contributed by atoms with Gasteiger partial charge in [-0.1, -0.05) is 18.2 Å². The summed E-state index contributed by atoms with van der Waals surface area (Å²) in [5, 5.41) is 3.17. The lowest BCUT2D eigenvalue weighted by atomic mass is 10.1. The third kappa shape index (κ3) is 4.43. The van der Waals surface area contributed by atoms with E-state index in [1.54, 1.807) is 30.5 Å². The van der Waals surface area contributed by atoms with E-state index < -0.39 is 0 Å². The van der Waals surface area contributed by atoms with Crippen molar-refractivity contribution in [1.29, 1.82) is 0 Å². The van der Waals surface area contributed by atoms with Crippen LogP contribution in [0, 0.1) is 0 Å². The summed E-state index contributed by atoms with van der Waals surface area (Å²) in [7, 11) is 0. The second kappa shape index (κ2) is 8.69. The van der Waals surface area contributed by atoms with E-state index in [1.165, 1.54) is 13.3 Å². The fourth-order valence-corrected chi connectivity index (χ4v) is 3.32. The van der Waals surface area contributed by atoms with E-state index in [-0.39, 0.29) is 11.7 Å². The molecule has 1 aliphatic heterocycles. The van der Waals surface area contributed by atoms with Gasteiger partial charge in [-0.05, 0) is 31.2 Å². The van der Waals surface area contributed by atoms with Gasteiger partial charge in [0.1, 0.15) is 23.8 Å². The molecule has 1 saturated heterocycles. The average molecular weight is 402 g/mol. The molecule has 2 aromatic heterocycles. The number of carbonyl (C=O) groups is 2. The molecule has 0 radical (unpaired) electrons. The second-order valence-electron chi connectivity index (χ2n) is 7.01. The molecule has 4 rings (SSSR count). The van der Waals surface area contributed by atoms with Gasteiger partial charge in [0.25, 0.3) is 5.91 Å². The van der Waals surface area contributed by atoms with Crippen molar-refractivity contribution < 1.29 is 9.59 Å². The quantitative estimate of drug-likeness (QED) is 0.656. The van der Waals surface area contributed by atoms with Crippen LogP contribution in [-0.2, 0) is 0 Å². The number of hydrogen-bond acceptors (Lipinski definition) is 7. The summed E-state index contributed by atoms with van der Waals surface area (Å²) in [6.45, 7) is 4.07. The van der Waals surface area contributed by atoms with Crippen LogP contribution in [0.25, 0.3) is 0 Å². The van der Waals surface area contributed by atoms with Gasteiger partial charge in [0, 0.05) is 49.6 Å². The number of nitrogens with zero attached hydrogens (tertiary/aromatic N) is 5. The topological polar surface area (TPSA) is 91.3 Å². The molecular weight excluding hydrogens is 380 g/mol. The number of benzene rings is 1. The van der Waals surface area contributed by atoms with E-state index in [4.69, 9.17) is 0 Å². The molecule has 1 aliphatic rings. The van der Waals surface area contributed by atoms with Gasteiger partial charge in [-0.25, -0.2) is 15.0 Å². The molecule has 0 saturated carbocycles. The number of anilines is 3. The van der Waals surface area contributed by atoms with Crippen LogP contribution >= 0.6 is 0 Å². The van der Waals surface area contributed by atoms with Gasteiger partial charge in [-0.3, -0.25) is 9.59 Å². The summed E-state index contributed by atoms with van der Waals surface area (Å²) in [4.78, 5) is 41.0. The second-order valence-corrected chi connectivity index (χ2v) is 7.01. The molecule has 1 aromatic carbocycles. The van der Waals surface area contributed by atoms with Crippen molar-refractivity contribution in [2.45, 2.75) is 6.92 Å². The first-order chi connectivity index (χ1) is 14.6. The monoisotopic (exact) mass is 402 g/mol. The van der Waals surface area contributed by atoms with Crippen LogP contribution in [0.3, 0.4) is 0 Å². The Morgan fingerprint density at radius 3 is 2.27 bits per heavy atom. The molecule has 0 bridgehead atoms. The van der Waals surface area contributed by atoms with Gasteiger partial charge in [-0.15, -0.1) is 0 Å². The fourth-order valence-electron chi connectivity index (χ4n) is 3.32. The number of Topliss-reactive ketones (excluding diaryl/α,β-unsaturated/α-hetero) is 1. The first-order valence-corrected chi connectivity index (χ1v) is 9.75. The van der Waals surface area contributed by atoms with E-state index in [0.29, 0.717) is 48.9 Å².